The molecule has 0 saturated carbocycles. The minimum Gasteiger partial charge on any atom is -0.456 e. The largest absolute Gasteiger partial charge is 0.456 e. The highest BCUT2D eigenvalue weighted by atomic mass is 16.3. The first-order chi connectivity index (χ1) is 25.3. The van der Waals surface area contributed by atoms with Crippen molar-refractivity contribution in [1.82, 2.24) is 4.57 Å². The molecule has 0 saturated heterocycles. The maximum atomic E-state index is 6.62. The van der Waals surface area contributed by atoms with E-state index in [9.17, 15) is 0 Å². The molecule has 0 spiro atoms. The Bertz CT molecular complexity index is 2880. The molecule has 0 radical (unpaired) electrons. The molecule has 0 aliphatic carbocycles. The lowest BCUT2D eigenvalue weighted by molar-refractivity contribution is 0.669. The molecular weight excluding hydrogens is 621 g/mol. The molecule has 0 atom stereocenters. The first kappa shape index (κ1) is 29.1. The molecule has 0 amide bonds. The smallest absolute Gasteiger partial charge is 0.137 e. The third-order valence-electron chi connectivity index (χ3n) is 9.99. The number of hydrogen-bond donors (Lipinski definition) is 1. The van der Waals surface area contributed by atoms with Gasteiger partial charge in [-0.15, -0.1) is 0 Å². The molecule has 2 heterocycles. The number of rotatable bonds is 6. The lowest BCUT2D eigenvalue weighted by Gasteiger charge is -2.14. The van der Waals surface area contributed by atoms with Crippen molar-refractivity contribution in [2.75, 3.05) is 5.32 Å². The van der Waals surface area contributed by atoms with Gasteiger partial charge in [0.2, 0.25) is 0 Å². The highest BCUT2D eigenvalue weighted by Crippen LogP contribution is 2.43. The summed E-state index contributed by atoms with van der Waals surface area (Å²) in [6.45, 7) is 0. The Kier molecular flexibility index (Phi) is 6.81. The van der Waals surface area contributed by atoms with Crippen LogP contribution in [0.4, 0.5) is 11.4 Å². The molecule has 0 fully saturated rings. The number of nitrogens with zero attached hydrogens (tertiary/aromatic N) is 1. The van der Waals surface area contributed by atoms with Crippen molar-refractivity contribution in [3.05, 3.63) is 188 Å². The summed E-state index contributed by atoms with van der Waals surface area (Å²) >= 11 is 0. The van der Waals surface area contributed by atoms with E-state index in [4.69, 9.17) is 4.42 Å². The molecule has 0 bridgehead atoms. The van der Waals surface area contributed by atoms with Gasteiger partial charge in [-0.25, -0.2) is 0 Å². The summed E-state index contributed by atoms with van der Waals surface area (Å²) in [6, 6.07) is 66.7. The summed E-state index contributed by atoms with van der Waals surface area (Å²) in [4.78, 5) is 0. The molecule has 240 valence electrons. The van der Waals surface area contributed by atoms with E-state index in [2.05, 4.69) is 198 Å². The number of fused-ring (bicyclic) bond motifs is 6. The molecule has 0 aliphatic rings. The molecular formula is C48H32N2O. The third kappa shape index (κ3) is 4.90. The Morgan fingerprint density at radius 3 is 1.88 bits per heavy atom. The lowest BCUT2D eigenvalue weighted by atomic mass is 9.95. The first-order valence-corrected chi connectivity index (χ1v) is 17.4. The van der Waals surface area contributed by atoms with Crippen LogP contribution in [0, 0.1) is 0 Å². The van der Waals surface area contributed by atoms with Crippen molar-refractivity contribution in [3.63, 3.8) is 0 Å². The average molecular weight is 653 g/mol. The van der Waals surface area contributed by atoms with Crippen LogP contribution in [-0.4, -0.2) is 4.57 Å². The van der Waals surface area contributed by atoms with E-state index in [-0.39, 0.29) is 0 Å². The molecule has 51 heavy (non-hydrogen) atoms. The second kappa shape index (κ2) is 11.9. The van der Waals surface area contributed by atoms with Gasteiger partial charge in [0, 0.05) is 33.1 Å². The van der Waals surface area contributed by atoms with Crippen LogP contribution in [0.15, 0.2) is 192 Å². The van der Waals surface area contributed by atoms with E-state index in [1.807, 2.05) is 0 Å². The molecule has 10 aromatic rings. The second-order valence-corrected chi connectivity index (χ2v) is 13.0. The molecule has 1 N–H and O–H groups in total. The third-order valence-corrected chi connectivity index (χ3v) is 9.99. The molecule has 10 rings (SSSR count). The summed E-state index contributed by atoms with van der Waals surface area (Å²) in [6.07, 6.45) is 0. The van der Waals surface area contributed by atoms with E-state index in [0.717, 1.165) is 66.7 Å². The Labute approximate surface area is 295 Å². The first-order valence-electron chi connectivity index (χ1n) is 17.4. The molecule has 3 heteroatoms. The van der Waals surface area contributed by atoms with E-state index in [1.54, 1.807) is 0 Å². The van der Waals surface area contributed by atoms with Gasteiger partial charge in [0.05, 0.1) is 22.1 Å². The van der Waals surface area contributed by atoms with Crippen molar-refractivity contribution in [2.45, 2.75) is 0 Å². The van der Waals surface area contributed by atoms with Crippen LogP contribution < -0.4 is 5.32 Å². The molecule has 0 aliphatic heterocycles. The predicted molar refractivity (Wildman–Crippen MR) is 214 cm³/mol. The Morgan fingerprint density at radius 1 is 0.392 bits per heavy atom. The molecule has 2 aromatic heterocycles. The topological polar surface area (TPSA) is 30.1 Å². The number of nitrogens with one attached hydrogen (secondary N) is 1. The number of aromatic nitrogens is 1. The van der Waals surface area contributed by atoms with Gasteiger partial charge in [-0.2, -0.15) is 0 Å². The van der Waals surface area contributed by atoms with E-state index < -0.39 is 0 Å². The summed E-state index contributed by atoms with van der Waals surface area (Å²) in [5, 5.41) is 8.40. The maximum absolute atomic E-state index is 6.62. The van der Waals surface area contributed by atoms with Gasteiger partial charge in [-0.05, 0) is 76.3 Å². The zero-order valence-corrected chi connectivity index (χ0v) is 27.8. The van der Waals surface area contributed by atoms with Crippen LogP contribution in [0.3, 0.4) is 0 Å². The van der Waals surface area contributed by atoms with Crippen LogP contribution in [-0.2, 0) is 0 Å². The van der Waals surface area contributed by atoms with Crippen molar-refractivity contribution in [1.29, 1.82) is 0 Å². The summed E-state index contributed by atoms with van der Waals surface area (Å²) in [5.74, 6) is 0. The van der Waals surface area contributed by atoms with E-state index >= 15 is 0 Å². The molecule has 3 nitrogen and oxygen atoms in total. The highest BCUT2D eigenvalue weighted by Gasteiger charge is 2.20. The van der Waals surface area contributed by atoms with Crippen molar-refractivity contribution >= 4 is 55.1 Å². The predicted octanol–water partition coefficient (Wildman–Crippen LogP) is 13.4. The normalized spacial score (nSPS) is 11.5. The van der Waals surface area contributed by atoms with Crippen molar-refractivity contribution in [2.24, 2.45) is 0 Å². The van der Waals surface area contributed by atoms with Gasteiger partial charge in [-0.1, -0.05) is 140 Å². The van der Waals surface area contributed by atoms with Gasteiger partial charge in [0.15, 0.2) is 0 Å². The summed E-state index contributed by atoms with van der Waals surface area (Å²) < 4.78 is 9.03. The lowest BCUT2D eigenvalue weighted by Crippen LogP contribution is -1.97. The zero-order chi connectivity index (χ0) is 33.7. The highest BCUT2D eigenvalue weighted by molar-refractivity contribution is 6.18. The minimum absolute atomic E-state index is 0.867. The average Bonchev–Trinajstić information content (AvgIpc) is 3.75. The zero-order valence-electron chi connectivity index (χ0n) is 27.8. The number of hydrogen-bond acceptors (Lipinski definition) is 2. The van der Waals surface area contributed by atoms with Crippen molar-refractivity contribution in [3.8, 4) is 39.1 Å². The number of benzene rings is 8. The van der Waals surface area contributed by atoms with Crippen LogP contribution in [0.1, 0.15) is 0 Å². The molecule has 0 unspecified atom stereocenters. The van der Waals surface area contributed by atoms with Gasteiger partial charge < -0.3 is 14.3 Å². The van der Waals surface area contributed by atoms with Gasteiger partial charge in [0.1, 0.15) is 11.2 Å². The van der Waals surface area contributed by atoms with Crippen LogP contribution in [0.5, 0.6) is 0 Å². The van der Waals surface area contributed by atoms with Crippen LogP contribution in [0.2, 0.25) is 0 Å². The van der Waals surface area contributed by atoms with Gasteiger partial charge >= 0.3 is 0 Å². The van der Waals surface area contributed by atoms with Crippen molar-refractivity contribution < 1.29 is 4.42 Å². The maximum Gasteiger partial charge on any atom is 0.137 e. The summed E-state index contributed by atoms with van der Waals surface area (Å²) in [7, 11) is 0. The number of furan rings is 1. The number of anilines is 2. The van der Waals surface area contributed by atoms with Gasteiger partial charge in [0.25, 0.3) is 0 Å². The Balaban J connectivity index is 1.19. The Morgan fingerprint density at radius 2 is 1.02 bits per heavy atom. The van der Waals surface area contributed by atoms with E-state index in [1.165, 1.54) is 27.5 Å². The number of para-hydroxylation sites is 2. The van der Waals surface area contributed by atoms with E-state index in [0.29, 0.717) is 0 Å². The fraction of sp³-hybridized carbons (Fsp3) is 0. The monoisotopic (exact) mass is 652 g/mol. The SMILES string of the molecule is c1ccc(-c2cccc(-c3cccc4oc5cccc(-n6c7ccccc7c7ccc(Nc8ccccc8-c8ccccc8)cc76)c5c34)c2)cc1. The summed E-state index contributed by atoms with van der Waals surface area (Å²) in [5.41, 5.74) is 14.2. The fourth-order valence-electron chi connectivity index (χ4n) is 7.70. The standard InChI is InChI=1S/C48H32N2O/c1-3-14-32(15-4-1)34-18-11-19-35(30-34)38-22-12-26-45-47(38)48-43(25-13-27-46(48)51-45)50-42-24-10-8-21-39(42)40-29-28-36(31-44(40)50)49-41-23-9-7-20-37(41)33-16-5-2-6-17-33/h1-31,49H. The Hall–Kier alpha value is -6.84. The van der Waals surface area contributed by atoms with Gasteiger partial charge in [-0.3, -0.25) is 0 Å². The van der Waals surface area contributed by atoms with Crippen LogP contribution in [0.25, 0.3) is 82.8 Å². The molecule has 8 aromatic carbocycles. The fourth-order valence-corrected chi connectivity index (χ4v) is 7.70. The second-order valence-electron chi connectivity index (χ2n) is 13.0. The van der Waals surface area contributed by atoms with Crippen LogP contribution >= 0.6 is 0 Å². The minimum atomic E-state index is 0.867. The quantitative estimate of drug-likeness (QED) is 0.194.